The van der Waals surface area contributed by atoms with Crippen molar-refractivity contribution in [2.45, 2.75) is 24.5 Å². The molecular weight excluding hydrogens is 1010 g/mol. The molecule has 2 N–H and O–H groups in total. The van der Waals surface area contributed by atoms with Crippen LogP contribution >= 0.6 is 0 Å². The lowest BCUT2D eigenvalue weighted by atomic mass is 9.80. The first-order valence-corrected chi connectivity index (χ1v) is 26.8. The molecule has 4 aromatic carbocycles. The molecule has 2 heterocycles. The second-order valence-corrected chi connectivity index (χ2v) is 17.6. The molecule has 6 rings (SSSR count). The molecular formula is C58H77N3O17. The minimum absolute atomic E-state index is 0.0611. The molecule has 2 aliphatic rings. The van der Waals surface area contributed by atoms with Crippen molar-refractivity contribution in [2.75, 3.05) is 177 Å². The zero-order valence-electron chi connectivity index (χ0n) is 44.7. The second-order valence-electron chi connectivity index (χ2n) is 17.6. The first kappa shape index (κ1) is 61.6. The molecule has 426 valence electrons. The summed E-state index contributed by atoms with van der Waals surface area (Å²) in [6.45, 7) is 11.4. The molecule has 2 aliphatic heterocycles. The number of piperidine rings is 1. The van der Waals surface area contributed by atoms with Gasteiger partial charge in [0, 0.05) is 18.7 Å². The number of nitrogens with one attached hydrogen (secondary N) is 2. The fourth-order valence-electron chi connectivity index (χ4n) is 8.46. The van der Waals surface area contributed by atoms with E-state index in [2.05, 4.69) is 47.0 Å². The molecule has 0 aromatic heterocycles. The van der Waals surface area contributed by atoms with Crippen LogP contribution in [0.25, 0.3) is 0 Å². The molecule has 0 spiro atoms. The third-order valence-corrected chi connectivity index (χ3v) is 12.2. The number of rotatable bonds is 45. The summed E-state index contributed by atoms with van der Waals surface area (Å²) in [5.41, 5.74) is 3.30. The minimum atomic E-state index is -1.02. The van der Waals surface area contributed by atoms with Crippen molar-refractivity contribution in [1.82, 2.24) is 10.2 Å². The summed E-state index contributed by atoms with van der Waals surface area (Å²) in [4.78, 5) is 51.0. The van der Waals surface area contributed by atoms with Crippen LogP contribution in [-0.2, 0) is 76.8 Å². The minimum Gasteiger partial charge on any atom is -0.382 e. The summed E-state index contributed by atoms with van der Waals surface area (Å²) < 4.78 is 73.9. The van der Waals surface area contributed by atoms with Crippen molar-refractivity contribution in [3.05, 3.63) is 137 Å². The number of anilines is 1. The smallest absolute Gasteiger partial charge is 0.264 e. The Labute approximate surface area is 457 Å². The fraction of sp³-hybridized carbons (Fsp3) is 0.517. The van der Waals surface area contributed by atoms with Crippen molar-refractivity contribution in [1.29, 1.82) is 0 Å². The monoisotopic (exact) mass is 1090 g/mol. The number of imide groups is 2. The van der Waals surface area contributed by atoms with Crippen LogP contribution in [0.15, 0.2) is 109 Å². The van der Waals surface area contributed by atoms with E-state index in [4.69, 9.17) is 61.6 Å². The van der Waals surface area contributed by atoms with Gasteiger partial charge in [-0.25, -0.2) is 0 Å². The number of ether oxygens (including phenoxy) is 13. The van der Waals surface area contributed by atoms with Crippen LogP contribution in [0.2, 0.25) is 0 Å². The molecule has 0 radical (unpaired) electrons. The maximum Gasteiger partial charge on any atom is 0.264 e. The van der Waals surface area contributed by atoms with E-state index < -0.39 is 35.3 Å². The number of carbonyl (C=O) groups excluding carboxylic acids is 4. The van der Waals surface area contributed by atoms with Crippen molar-refractivity contribution < 1.29 is 80.8 Å². The number of fused-ring (bicyclic) bond motifs is 1. The zero-order chi connectivity index (χ0) is 54.6. The van der Waals surface area contributed by atoms with Gasteiger partial charge in [-0.15, -0.1) is 0 Å². The van der Waals surface area contributed by atoms with Gasteiger partial charge < -0.3 is 66.9 Å². The Morgan fingerprint density at radius 1 is 0.410 bits per heavy atom. The van der Waals surface area contributed by atoms with Crippen LogP contribution in [0, 0.1) is 0 Å². The van der Waals surface area contributed by atoms with E-state index in [9.17, 15) is 19.2 Å². The lowest BCUT2D eigenvalue weighted by molar-refractivity contribution is -0.136. The molecule has 20 nitrogen and oxygen atoms in total. The van der Waals surface area contributed by atoms with Crippen molar-refractivity contribution in [3.8, 4) is 0 Å². The predicted molar refractivity (Wildman–Crippen MR) is 287 cm³/mol. The van der Waals surface area contributed by atoms with Crippen molar-refractivity contribution in [3.63, 3.8) is 0 Å². The fourth-order valence-corrected chi connectivity index (χ4v) is 8.46. The first-order chi connectivity index (χ1) is 38.5. The predicted octanol–water partition coefficient (Wildman–Crippen LogP) is 4.71. The van der Waals surface area contributed by atoms with E-state index in [0.717, 1.165) is 21.6 Å². The van der Waals surface area contributed by atoms with Crippen LogP contribution in [0.4, 0.5) is 5.69 Å². The second kappa shape index (κ2) is 37.3. The molecule has 1 fully saturated rings. The highest BCUT2D eigenvalue weighted by atomic mass is 16.6. The number of hydrogen-bond acceptors (Lipinski definition) is 18. The average molecular weight is 1090 g/mol. The first-order valence-electron chi connectivity index (χ1n) is 26.8. The van der Waals surface area contributed by atoms with Crippen LogP contribution in [0.5, 0.6) is 0 Å². The molecule has 1 saturated heterocycles. The lowest BCUT2D eigenvalue weighted by Crippen LogP contribution is -2.54. The van der Waals surface area contributed by atoms with E-state index in [1.807, 2.05) is 54.6 Å². The van der Waals surface area contributed by atoms with E-state index in [1.165, 1.54) is 0 Å². The summed E-state index contributed by atoms with van der Waals surface area (Å²) >= 11 is 0. The zero-order valence-corrected chi connectivity index (χ0v) is 44.7. The van der Waals surface area contributed by atoms with Crippen molar-refractivity contribution in [2.24, 2.45) is 0 Å². The number of hydrogen-bond donors (Lipinski definition) is 2. The van der Waals surface area contributed by atoms with Crippen molar-refractivity contribution >= 4 is 29.3 Å². The SMILES string of the molecule is O=C1CCC(N2C(=O)c3cccc(NCCOCCOCCOCCOCCOCCOCCOCCOCCOCCOCCOCCOCCOC(c4ccccc4)(c4ccccc4)c4ccccc4)c3C2=O)C(=O)N1. The Kier molecular flexibility index (Phi) is 29.5. The molecule has 1 atom stereocenters. The number of amides is 4. The highest BCUT2D eigenvalue weighted by Crippen LogP contribution is 2.40. The van der Waals surface area contributed by atoms with E-state index in [0.29, 0.717) is 177 Å². The average Bonchev–Trinajstić information content (AvgIpc) is 3.91. The van der Waals surface area contributed by atoms with E-state index in [1.54, 1.807) is 18.2 Å². The Morgan fingerprint density at radius 2 is 0.756 bits per heavy atom. The van der Waals surface area contributed by atoms with Gasteiger partial charge in [-0.3, -0.25) is 29.4 Å². The third-order valence-electron chi connectivity index (χ3n) is 12.2. The summed E-state index contributed by atoms with van der Waals surface area (Å²) in [6.07, 6.45) is 0.160. The molecule has 0 aliphatic carbocycles. The topological polar surface area (TPSA) is 216 Å². The van der Waals surface area contributed by atoms with Gasteiger partial charge in [0.05, 0.1) is 176 Å². The molecule has 78 heavy (non-hydrogen) atoms. The standard InChI is InChI=1S/C58H77N3O17/c62-53-20-19-52(55(63)60-53)61-56(64)50-17-10-18-51(54(50)57(61)65)59-21-22-66-23-24-67-25-26-68-27-28-69-29-30-70-31-32-71-33-34-72-35-36-73-37-38-74-39-40-75-41-42-76-43-44-77-45-46-78-58(47-11-4-1-5-12-47,48-13-6-2-7-14-48)49-15-8-3-9-16-49/h1-18,52,59H,19-46H2,(H,60,62,63). The van der Waals surface area contributed by atoms with Gasteiger partial charge in [0.2, 0.25) is 11.8 Å². The Bertz CT molecular complexity index is 2200. The normalized spacial score (nSPS) is 14.6. The number of carbonyl (C=O) groups is 4. The summed E-state index contributed by atoms with van der Waals surface area (Å²) in [6, 6.07) is 34.8. The Hall–Kier alpha value is -5.56. The van der Waals surface area contributed by atoms with Gasteiger partial charge in [0.15, 0.2) is 0 Å². The van der Waals surface area contributed by atoms with Crippen LogP contribution in [0.3, 0.4) is 0 Å². The van der Waals surface area contributed by atoms with E-state index >= 15 is 0 Å². The lowest BCUT2D eigenvalue weighted by Gasteiger charge is -2.36. The highest BCUT2D eigenvalue weighted by molar-refractivity contribution is 6.25. The van der Waals surface area contributed by atoms with Gasteiger partial charge in [-0.1, -0.05) is 97.1 Å². The Morgan fingerprint density at radius 3 is 1.12 bits per heavy atom. The highest BCUT2D eigenvalue weighted by Gasteiger charge is 2.45. The van der Waals surface area contributed by atoms with Gasteiger partial charge in [0.1, 0.15) is 11.6 Å². The van der Waals surface area contributed by atoms with Gasteiger partial charge in [-0.05, 0) is 35.2 Å². The number of nitrogens with zero attached hydrogens (tertiary/aromatic N) is 1. The molecule has 4 aromatic rings. The summed E-state index contributed by atoms with van der Waals surface area (Å²) in [7, 11) is 0. The quantitative estimate of drug-likeness (QED) is 0.0348. The van der Waals surface area contributed by atoms with Crippen LogP contribution in [-0.4, -0.2) is 206 Å². The largest absolute Gasteiger partial charge is 0.382 e. The van der Waals surface area contributed by atoms with Crippen LogP contribution in [0.1, 0.15) is 50.2 Å². The molecule has 0 saturated carbocycles. The molecule has 4 amide bonds. The molecule has 0 bridgehead atoms. The summed E-state index contributed by atoms with van der Waals surface area (Å²) in [5, 5.41) is 5.34. The van der Waals surface area contributed by atoms with Gasteiger partial charge in [0.25, 0.3) is 11.8 Å². The van der Waals surface area contributed by atoms with Crippen LogP contribution < -0.4 is 10.6 Å². The van der Waals surface area contributed by atoms with Gasteiger partial charge >= 0.3 is 0 Å². The maximum atomic E-state index is 13.2. The maximum absolute atomic E-state index is 13.2. The Balaban J connectivity index is 0.616. The molecule has 20 heteroatoms. The van der Waals surface area contributed by atoms with Gasteiger partial charge in [-0.2, -0.15) is 0 Å². The molecule has 1 unspecified atom stereocenters. The van der Waals surface area contributed by atoms with E-state index in [-0.39, 0.29) is 24.0 Å². The number of benzene rings is 4. The summed E-state index contributed by atoms with van der Waals surface area (Å²) in [5.74, 6) is -2.18. The third kappa shape index (κ3) is 20.9.